The molecule has 1 rings (SSSR count). The van der Waals surface area contributed by atoms with Crippen LogP contribution in [0.5, 0.6) is 0 Å². The molecule has 0 aromatic carbocycles. The fourth-order valence-corrected chi connectivity index (χ4v) is 2.75. The molecule has 0 aliphatic carbocycles. The third-order valence-corrected chi connectivity index (χ3v) is 3.99. The van der Waals surface area contributed by atoms with Gasteiger partial charge in [-0.25, -0.2) is 0 Å². The van der Waals surface area contributed by atoms with Gasteiger partial charge in [0.05, 0.1) is 25.3 Å². The number of hydrogen-bond acceptors (Lipinski definition) is 6. The molecule has 0 fully saturated rings. The average Bonchev–Trinajstić information content (AvgIpc) is 2.84. The minimum atomic E-state index is -3.85. The monoisotopic (exact) mass is 287 g/mol. The number of azide groups is 1. The zero-order valence-corrected chi connectivity index (χ0v) is 11.5. The second-order valence-corrected chi connectivity index (χ2v) is 5.25. The van der Waals surface area contributed by atoms with Gasteiger partial charge in [-0.1, -0.05) is 5.11 Å². The van der Waals surface area contributed by atoms with Crippen LogP contribution in [0.2, 0.25) is 0 Å². The Morgan fingerprint density at radius 1 is 1.47 bits per heavy atom. The molecular formula is C10H14N3O5P. The van der Waals surface area contributed by atoms with Gasteiger partial charge in [0.25, 0.3) is 5.52 Å². The summed E-state index contributed by atoms with van der Waals surface area (Å²) >= 11 is 0. The molecule has 0 N–H and O–H groups in total. The van der Waals surface area contributed by atoms with E-state index in [1.54, 1.807) is 13.8 Å². The molecule has 1 heterocycles. The van der Waals surface area contributed by atoms with Crippen molar-refractivity contribution >= 4 is 13.1 Å². The van der Waals surface area contributed by atoms with Crippen molar-refractivity contribution in [1.29, 1.82) is 0 Å². The molecule has 0 bridgehead atoms. The Bertz CT molecular complexity index is 525. The van der Waals surface area contributed by atoms with Gasteiger partial charge < -0.3 is 13.5 Å². The Morgan fingerprint density at radius 2 is 2.11 bits per heavy atom. The lowest BCUT2D eigenvalue weighted by Gasteiger charge is -2.14. The molecule has 9 heteroatoms. The lowest BCUT2D eigenvalue weighted by molar-refractivity contribution is 0.100. The molecule has 0 aliphatic heterocycles. The van der Waals surface area contributed by atoms with Crippen molar-refractivity contribution in [2.45, 2.75) is 20.4 Å². The summed E-state index contributed by atoms with van der Waals surface area (Å²) in [6.07, 6.45) is 1.13. The van der Waals surface area contributed by atoms with Gasteiger partial charge in [0, 0.05) is 4.91 Å². The molecule has 0 saturated carbocycles. The van der Waals surface area contributed by atoms with E-state index in [0.29, 0.717) is 5.76 Å². The molecule has 0 atom stereocenters. The molecule has 0 saturated heterocycles. The molecule has 8 nitrogen and oxygen atoms in total. The SMILES string of the molecule is CCOP(=O)(OCC)C(=O)c1coc(CN=[N+]=[N-])c1. The highest BCUT2D eigenvalue weighted by molar-refractivity contribution is 7.72. The van der Waals surface area contributed by atoms with Crippen molar-refractivity contribution in [2.24, 2.45) is 5.11 Å². The molecule has 1 aromatic rings. The minimum Gasteiger partial charge on any atom is -0.468 e. The first kappa shape index (κ1) is 15.5. The molecule has 0 unspecified atom stereocenters. The summed E-state index contributed by atoms with van der Waals surface area (Å²) in [5, 5.41) is 3.29. The molecule has 1 aromatic heterocycles. The molecular weight excluding hydrogens is 273 g/mol. The summed E-state index contributed by atoms with van der Waals surface area (Å²) in [7, 11) is -3.85. The Hall–Kier alpha value is -1.59. The van der Waals surface area contributed by atoms with E-state index in [2.05, 4.69) is 10.0 Å². The lowest BCUT2D eigenvalue weighted by Crippen LogP contribution is -2.06. The number of nitrogens with zero attached hydrogens (tertiary/aromatic N) is 3. The van der Waals surface area contributed by atoms with Gasteiger partial charge in [-0.2, -0.15) is 0 Å². The van der Waals surface area contributed by atoms with Crippen LogP contribution in [-0.2, 0) is 20.2 Å². The highest BCUT2D eigenvalue weighted by atomic mass is 31.2. The molecule has 0 amide bonds. The highest BCUT2D eigenvalue weighted by Crippen LogP contribution is 2.51. The van der Waals surface area contributed by atoms with Gasteiger partial charge in [0.15, 0.2) is 0 Å². The van der Waals surface area contributed by atoms with Crippen molar-refractivity contribution in [1.82, 2.24) is 0 Å². The Balaban J connectivity index is 2.93. The van der Waals surface area contributed by atoms with E-state index in [1.165, 1.54) is 6.07 Å². The van der Waals surface area contributed by atoms with E-state index in [-0.39, 0.29) is 25.3 Å². The number of carbonyl (C=O) groups excluding carboxylic acids is 1. The largest absolute Gasteiger partial charge is 0.468 e. The predicted octanol–water partition coefficient (Wildman–Crippen LogP) is 3.50. The van der Waals surface area contributed by atoms with E-state index in [4.69, 9.17) is 19.0 Å². The summed E-state index contributed by atoms with van der Waals surface area (Å²) in [5.41, 5.74) is 7.47. The number of hydrogen-bond donors (Lipinski definition) is 0. The van der Waals surface area contributed by atoms with Crippen LogP contribution in [0.25, 0.3) is 10.4 Å². The molecule has 0 radical (unpaired) electrons. The predicted molar refractivity (Wildman–Crippen MR) is 66.7 cm³/mol. The summed E-state index contributed by atoms with van der Waals surface area (Å²) in [4.78, 5) is 14.6. The smallest absolute Gasteiger partial charge is 0.401 e. The first-order valence-electron chi connectivity index (χ1n) is 5.59. The van der Waals surface area contributed by atoms with Crippen LogP contribution in [-0.4, -0.2) is 18.7 Å². The van der Waals surface area contributed by atoms with Gasteiger partial charge in [-0.05, 0) is 25.4 Å². The van der Waals surface area contributed by atoms with Crippen molar-refractivity contribution in [3.8, 4) is 0 Å². The van der Waals surface area contributed by atoms with E-state index < -0.39 is 13.1 Å². The first-order valence-corrected chi connectivity index (χ1v) is 7.14. The van der Waals surface area contributed by atoms with E-state index in [0.717, 1.165) is 6.26 Å². The molecule has 0 spiro atoms. The van der Waals surface area contributed by atoms with Crippen LogP contribution >= 0.6 is 7.60 Å². The first-order chi connectivity index (χ1) is 9.07. The van der Waals surface area contributed by atoms with E-state index in [9.17, 15) is 9.36 Å². The highest BCUT2D eigenvalue weighted by Gasteiger charge is 2.36. The molecule has 19 heavy (non-hydrogen) atoms. The minimum absolute atomic E-state index is 0.0304. The Labute approximate surface area is 109 Å². The van der Waals surface area contributed by atoms with Gasteiger partial charge in [-0.3, -0.25) is 9.36 Å². The maximum atomic E-state index is 12.2. The van der Waals surface area contributed by atoms with Gasteiger partial charge >= 0.3 is 7.60 Å². The third kappa shape index (κ3) is 3.94. The quantitative estimate of drug-likeness (QED) is 0.314. The van der Waals surface area contributed by atoms with Crippen molar-refractivity contribution in [3.05, 3.63) is 34.1 Å². The standard InChI is InChI=1S/C10H14N3O5P/c1-3-17-19(15,18-4-2)10(14)8-5-9(16-7-8)6-12-13-11/h5,7H,3-4,6H2,1-2H3. The fraction of sp³-hybridized carbons (Fsp3) is 0.500. The van der Waals surface area contributed by atoms with Crippen molar-refractivity contribution in [2.75, 3.05) is 13.2 Å². The van der Waals surface area contributed by atoms with Crippen molar-refractivity contribution < 1.29 is 22.8 Å². The van der Waals surface area contributed by atoms with Crippen LogP contribution in [0, 0.1) is 0 Å². The Morgan fingerprint density at radius 3 is 2.63 bits per heavy atom. The van der Waals surface area contributed by atoms with Gasteiger partial charge in [0.1, 0.15) is 12.0 Å². The van der Waals surface area contributed by atoms with Crippen LogP contribution < -0.4 is 0 Å². The van der Waals surface area contributed by atoms with Crippen molar-refractivity contribution in [3.63, 3.8) is 0 Å². The molecule has 104 valence electrons. The zero-order valence-electron chi connectivity index (χ0n) is 10.6. The fourth-order valence-electron chi connectivity index (χ4n) is 1.33. The van der Waals surface area contributed by atoms with E-state index >= 15 is 0 Å². The average molecular weight is 287 g/mol. The van der Waals surface area contributed by atoms with Crippen LogP contribution in [0.15, 0.2) is 21.9 Å². The third-order valence-electron chi connectivity index (χ3n) is 2.04. The zero-order chi connectivity index (χ0) is 14.3. The summed E-state index contributed by atoms with van der Waals surface area (Å²) < 4.78 is 27.1. The maximum Gasteiger partial charge on any atom is 0.401 e. The van der Waals surface area contributed by atoms with Gasteiger partial charge in [-0.15, -0.1) is 0 Å². The van der Waals surface area contributed by atoms with Gasteiger partial charge in [0.2, 0.25) is 0 Å². The number of carbonyl (C=O) groups is 1. The van der Waals surface area contributed by atoms with Crippen LogP contribution in [0.3, 0.4) is 0 Å². The normalized spacial score (nSPS) is 11.1. The van der Waals surface area contributed by atoms with E-state index in [1.807, 2.05) is 0 Å². The summed E-state index contributed by atoms with van der Waals surface area (Å²) in [6.45, 7) is 3.37. The number of rotatable bonds is 8. The topological polar surface area (TPSA) is 115 Å². The summed E-state index contributed by atoms with van der Waals surface area (Å²) in [6, 6.07) is 1.35. The maximum absolute atomic E-state index is 12.2. The Kier molecular flexibility index (Phi) is 5.79. The molecule has 0 aliphatic rings. The van der Waals surface area contributed by atoms with Crippen LogP contribution in [0.1, 0.15) is 30.0 Å². The summed E-state index contributed by atoms with van der Waals surface area (Å²) in [5.74, 6) is 0.292. The number of furan rings is 1. The second kappa shape index (κ2) is 7.11. The lowest BCUT2D eigenvalue weighted by atomic mass is 10.3. The second-order valence-electron chi connectivity index (χ2n) is 3.33. The van der Waals surface area contributed by atoms with Crippen LogP contribution in [0.4, 0.5) is 0 Å².